The zero-order valence-electron chi connectivity index (χ0n) is 6.50. The van der Waals surface area contributed by atoms with E-state index in [0.29, 0.717) is 12.8 Å². The Hall–Kier alpha value is -0.610. The summed E-state index contributed by atoms with van der Waals surface area (Å²) >= 11 is 0. The molecule has 1 saturated carbocycles. The van der Waals surface area contributed by atoms with Crippen molar-refractivity contribution in [1.82, 2.24) is 5.32 Å². The lowest BCUT2D eigenvalue weighted by molar-refractivity contribution is -0.128. The number of hydrogen-bond acceptors (Lipinski definition) is 3. The first-order chi connectivity index (χ1) is 5.06. The molecule has 0 unspecified atom stereocenters. The molecule has 1 aliphatic rings. The van der Waals surface area contributed by atoms with Crippen LogP contribution >= 0.6 is 0 Å². The van der Waals surface area contributed by atoms with Crippen LogP contribution in [-0.4, -0.2) is 34.4 Å². The fraction of sp³-hybridized carbons (Fsp3) is 0.857. The molecule has 1 rings (SSSR count). The van der Waals surface area contributed by atoms with Crippen molar-refractivity contribution < 1.29 is 15.0 Å². The van der Waals surface area contributed by atoms with Crippen LogP contribution in [0.5, 0.6) is 0 Å². The van der Waals surface area contributed by atoms with Crippen LogP contribution in [0.25, 0.3) is 0 Å². The average molecular weight is 159 g/mol. The highest BCUT2D eigenvalue weighted by Gasteiger charge is 2.40. The molecule has 11 heavy (non-hydrogen) atoms. The summed E-state index contributed by atoms with van der Waals surface area (Å²) in [7, 11) is 0. The summed E-state index contributed by atoms with van der Waals surface area (Å²) < 4.78 is 0. The van der Waals surface area contributed by atoms with Crippen LogP contribution in [0.4, 0.5) is 0 Å². The molecule has 0 aromatic carbocycles. The highest BCUT2D eigenvalue weighted by Crippen LogP contribution is 2.31. The summed E-state index contributed by atoms with van der Waals surface area (Å²) in [6.45, 7) is 1.37. The highest BCUT2D eigenvalue weighted by molar-refractivity contribution is 5.77. The van der Waals surface area contributed by atoms with Crippen LogP contribution in [0.15, 0.2) is 0 Å². The standard InChI is InChI=1S/C7H13NO3/c1-7(2-5(10)3-7)8-6(11)4-9/h5,9-10H,2-4H2,1H3,(H,8,11). The molecule has 0 saturated heterocycles. The molecule has 1 aliphatic carbocycles. The van der Waals surface area contributed by atoms with E-state index in [2.05, 4.69) is 5.32 Å². The summed E-state index contributed by atoms with van der Waals surface area (Å²) in [5.74, 6) is -0.376. The highest BCUT2D eigenvalue weighted by atomic mass is 16.3. The van der Waals surface area contributed by atoms with E-state index in [9.17, 15) is 4.79 Å². The molecule has 1 amide bonds. The van der Waals surface area contributed by atoms with Crippen LogP contribution in [0, 0.1) is 0 Å². The third-order valence-electron chi connectivity index (χ3n) is 1.96. The SMILES string of the molecule is CC1(NC(=O)CO)CC(O)C1. The summed E-state index contributed by atoms with van der Waals surface area (Å²) in [5.41, 5.74) is -0.292. The number of amides is 1. The van der Waals surface area contributed by atoms with Crippen molar-refractivity contribution in [3.8, 4) is 0 Å². The van der Waals surface area contributed by atoms with Crippen LogP contribution in [0.2, 0.25) is 0 Å². The molecule has 4 heteroatoms. The minimum Gasteiger partial charge on any atom is -0.393 e. The van der Waals surface area contributed by atoms with E-state index < -0.39 is 6.61 Å². The maximum absolute atomic E-state index is 10.7. The number of rotatable bonds is 2. The van der Waals surface area contributed by atoms with Gasteiger partial charge in [-0.3, -0.25) is 4.79 Å². The van der Waals surface area contributed by atoms with E-state index in [1.807, 2.05) is 6.92 Å². The monoisotopic (exact) mass is 159 g/mol. The van der Waals surface area contributed by atoms with Gasteiger partial charge in [-0.15, -0.1) is 0 Å². The minimum absolute atomic E-state index is 0.292. The van der Waals surface area contributed by atoms with Crippen molar-refractivity contribution in [3.63, 3.8) is 0 Å². The molecular weight excluding hydrogens is 146 g/mol. The predicted octanol–water partition coefficient (Wildman–Crippen LogP) is -0.992. The molecule has 4 nitrogen and oxygen atoms in total. The largest absolute Gasteiger partial charge is 0.393 e. The van der Waals surface area contributed by atoms with Crippen LogP contribution in [0.3, 0.4) is 0 Å². The molecular formula is C7H13NO3. The summed E-state index contributed by atoms with van der Waals surface area (Å²) in [6, 6.07) is 0. The van der Waals surface area contributed by atoms with Gasteiger partial charge in [-0.1, -0.05) is 0 Å². The average Bonchev–Trinajstić information content (AvgIpc) is 1.84. The Bertz CT molecular complexity index is 163. The molecule has 64 valence electrons. The number of carbonyl (C=O) groups excluding carboxylic acids is 1. The molecule has 1 fully saturated rings. The van der Waals surface area contributed by atoms with Gasteiger partial charge in [0.05, 0.1) is 6.10 Å². The third-order valence-corrected chi connectivity index (χ3v) is 1.96. The fourth-order valence-electron chi connectivity index (χ4n) is 1.46. The van der Waals surface area contributed by atoms with E-state index in [1.165, 1.54) is 0 Å². The van der Waals surface area contributed by atoms with Gasteiger partial charge in [-0.25, -0.2) is 0 Å². The lowest BCUT2D eigenvalue weighted by atomic mass is 9.76. The van der Waals surface area contributed by atoms with Gasteiger partial charge in [-0.2, -0.15) is 0 Å². The van der Waals surface area contributed by atoms with Crippen molar-refractivity contribution in [2.24, 2.45) is 0 Å². The summed E-state index contributed by atoms with van der Waals surface area (Å²) in [4.78, 5) is 10.7. The Morgan fingerprint density at radius 2 is 2.27 bits per heavy atom. The van der Waals surface area contributed by atoms with Gasteiger partial charge >= 0.3 is 0 Å². The zero-order valence-corrected chi connectivity index (χ0v) is 6.50. The maximum atomic E-state index is 10.7. The Morgan fingerprint density at radius 1 is 1.73 bits per heavy atom. The molecule has 0 aliphatic heterocycles. The second-order valence-electron chi connectivity index (χ2n) is 3.33. The Balaban J connectivity index is 2.32. The van der Waals surface area contributed by atoms with Gasteiger partial charge < -0.3 is 15.5 Å². The van der Waals surface area contributed by atoms with Gasteiger partial charge in [0.25, 0.3) is 0 Å². The molecule has 0 radical (unpaired) electrons. The Kier molecular flexibility index (Phi) is 2.15. The van der Waals surface area contributed by atoms with E-state index in [0.717, 1.165) is 0 Å². The fourth-order valence-corrected chi connectivity index (χ4v) is 1.46. The zero-order chi connectivity index (χ0) is 8.48. The lowest BCUT2D eigenvalue weighted by Crippen LogP contribution is -2.57. The van der Waals surface area contributed by atoms with E-state index in [-0.39, 0.29) is 17.6 Å². The molecule has 0 bridgehead atoms. The van der Waals surface area contributed by atoms with Gasteiger partial charge in [-0.05, 0) is 19.8 Å². The van der Waals surface area contributed by atoms with Crippen molar-refractivity contribution in [2.75, 3.05) is 6.61 Å². The van der Waals surface area contributed by atoms with Crippen molar-refractivity contribution in [3.05, 3.63) is 0 Å². The van der Waals surface area contributed by atoms with Gasteiger partial charge in [0.1, 0.15) is 6.61 Å². The van der Waals surface area contributed by atoms with Crippen LogP contribution in [0.1, 0.15) is 19.8 Å². The molecule has 0 heterocycles. The molecule has 3 N–H and O–H groups in total. The van der Waals surface area contributed by atoms with E-state index in [1.54, 1.807) is 0 Å². The van der Waals surface area contributed by atoms with Crippen molar-refractivity contribution in [1.29, 1.82) is 0 Å². The number of carbonyl (C=O) groups is 1. The normalized spacial score (nSPS) is 36.1. The van der Waals surface area contributed by atoms with E-state index >= 15 is 0 Å². The summed E-state index contributed by atoms with van der Waals surface area (Å²) in [6.07, 6.45) is 0.872. The molecule has 0 aromatic heterocycles. The number of nitrogens with one attached hydrogen (secondary N) is 1. The molecule has 0 atom stereocenters. The van der Waals surface area contributed by atoms with Crippen LogP contribution < -0.4 is 5.32 Å². The first-order valence-corrected chi connectivity index (χ1v) is 3.66. The summed E-state index contributed by atoms with van der Waals surface area (Å²) in [5, 5.41) is 20.0. The molecule has 0 aromatic rings. The second kappa shape index (κ2) is 2.79. The number of aliphatic hydroxyl groups is 2. The number of aliphatic hydroxyl groups excluding tert-OH is 2. The Morgan fingerprint density at radius 3 is 2.64 bits per heavy atom. The van der Waals surface area contributed by atoms with Crippen LogP contribution in [-0.2, 0) is 4.79 Å². The lowest BCUT2D eigenvalue weighted by Gasteiger charge is -2.42. The second-order valence-corrected chi connectivity index (χ2v) is 3.33. The van der Waals surface area contributed by atoms with Gasteiger partial charge in [0.2, 0.25) is 5.91 Å². The van der Waals surface area contributed by atoms with Gasteiger partial charge in [0, 0.05) is 5.54 Å². The van der Waals surface area contributed by atoms with E-state index in [4.69, 9.17) is 10.2 Å². The first-order valence-electron chi connectivity index (χ1n) is 3.66. The maximum Gasteiger partial charge on any atom is 0.246 e. The number of hydrogen-bond donors (Lipinski definition) is 3. The minimum atomic E-state index is -0.480. The predicted molar refractivity (Wildman–Crippen MR) is 38.9 cm³/mol. The van der Waals surface area contributed by atoms with Gasteiger partial charge in [0.15, 0.2) is 0 Å². The Labute approximate surface area is 65.2 Å². The molecule has 0 spiro atoms. The van der Waals surface area contributed by atoms with Crippen molar-refractivity contribution in [2.45, 2.75) is 31.4 Å². The van der Waals surface area contributed by atoms with Crippen molar-refractivity contribution >= 4 is 5.91 Å². The third kappa shape index (κ3) is 1.91. The first kappa shape index (κ1) is 8.49. The quantitative estimate of drug-likeness (QED) is 0.484. The topological polar surface area (TPSA) is 69.6 Å². The smallest absolute Gasteiger partial charge is 0.246 e.